The number of carbonyl (C=O) groups excluding carboxylic acids is 1. The molecule has 2 aliphatic heterocycles. The molecule has 0 bridgehead atoms. The highest BCUT2D eigenvalue weighted by atomic mass is 16.2. The van der Waals surface area contributed by atoms with E-state index in [0.29, 0.717) is 5.91 Å². The minimum absolute atomic E-state index is 0.0909. The average molecular weight is 177 g/mol. The average Bonchev–Trinajstić information content (AvgIpc) is 2.46. The number of hydrogen-bond acceptors (Lipinski definition) is 1. The van der Waals surface area contributed by atoms with Crippen molar-refractivity contribution in [3.8, 4) is 0 Å². The van der Waals surface area contributed by atoms with Gasteiger partial charge in [0.05, 0.1) is 5.54 Å². The summed E-state index contributed by atoms with van der Waals surface area (Å²) in [6.45, 7) is 4.57. The lowest BCUT2D eigenvalue weighted by Crippen LogP contribution is -2.46. The summed E-state index contributed by atoms with van der Waals surface area (Å²) in [7, 11) is 0. The standard InChI is InChI=1S/C11H15NO/c1-2-6-11-7-3-4-9-12(11)10(13)5-8-11/h2-4H,1,5-9H2. The molecule has 1 saturated heterocycles. The molecule has 0 radical (unpaired) electrons. The smallest absolute Gasteiger partial charge is 0.223 e. The second-order valence-corrected chi connectivity index (χ2v) is 3.90. The minimum atomic E-state index is 0.0909. The van der Waals surface area contributed by atoms with Gasteiger partial charge < -0.3 is 4.90 Å². The van der Waals surface area contributed by atoms with E-state index in [9.17, 15) is 4.79 Å². The monoisotopic (exact) mass is 177 g/mol. The number of fused-ring (bicyclic) bond motifs is 1. The highest BCUT2D eigenvalue weighted by Crippen LogP contribution is 2.38. The number of amides is 1. The Balaban J connectivity index is 2.27. The van der Waals surface area contributed by atoms with Crippen LogP contribution in [0.2, 0.25) is 0 Å². The van der Waals surface area contributed by atoms with Gasteiger partial charge in [0.15, 0.2) is 0 Å². The lowest BCUT2D eigenvalue weighted by Gasteiger charge is -2.39. The Bertz CT molecular complexity index is 269. The molecule has 0 saturated carbocycles. The van der Waals surface area contributed by atoms with E-state index < -0.39 is 0 Å². The second kappa shape index (κ2) is 3.02. The second-order valence-electron chi connectivity index (χ2n) is 3.90. The maximum absolute atomic E-state index is 11.5. The van der Waals surface area contributed by atoms with Gasteiger partial charge in [0, 0.05) is 13.0 Å². The summed E-state index contributed by atoms with van der Waals surface area (Å²) in [6.07, 6.45) is 9.87. The normalized spacial score (nSPS) is 32.0. The molecule has 13 heavy (non-hydrogen) atoms. The predicted molar refractivity (Wildman–Crippen MR) is 52.2 cm³/mol. The lowest BCUT2D eigenvalue weighted by atomic mass is 9.86. The fourth-order valence-electron chi connectivity index (χ4n) is 2.43. The summed E-state index contributed by atoms with van der Waals surface area (Å²) < 4.78 is 0. The first kappa shape index (κ1) is 8.54. The molecular formula is C11H15NO. The predicted octanol–water partition coefficient (Wildman–Crippen LogP) is 1.88. The zero-order valence-corrected chi connectivity index (χ0v) is 7.83. The van der Waals surface area contributed by atoms with Crippen LogP contribution in [0, 0.1) is 0 Å². The Morgan fingerprint density at radius 1 is 1.62 bits per heavy atom. The van der Waals surface area contributed by atoms with Crippen molar-refractivity contribution in [2.75, 3.05) is 6.54 Å². The number of rotatable bonds is 2. The molecule has 1 amide bonds. The van der Waals surface area contributed by atoms with E-state index in [4.69, 9.17) is 0 Å². The van der Waals surface area contributed by atoms with Crippen LogP contribution in [0.5, 0.6) is 0 Å². The highest BCUT2D eigenvalue weighted by Gasteiger charge is 2.43. The first-order valence-electron chi connectivity index (χ1n) is 4.85. The maximum Gasteiger partial charge on any atom is 0.223 e. The van der Waals surface area contributed by atoms with Crippen LogP contribution in [0.15, 0.2) is 24.8 Å². The molecule has 0 spiro atoms. The van der Waals surface area contributed by atoms with Crippen molar-refractivity contribution in [3.05, 3.63) is 24.8 Å². The molecule has 0 N–H and O–H groups in total. The van der Waals surface area contributed by atoms with E-state index in [2.05, 4.69) is 18.7 Å². The van der Waals surface area contributed by atoms with Crippen LogP contribution in [0.4, 0.5) is 0 Å². The topological polar surface area (TPSA) is 20.3 Å². The van der Waals surface area contributed by atoms with Gasteiger partial charge in [-0.25, -0.2) is 0 Å². The largest absolute Gasteiger partial charge is 0.333 e. The molecule has 2 heterocycles. The third-order valence-electron chi connectivity index (χ3n) is 3.15. The first-order chi connectivity index (χ1) is 6.28. The summed E-state index contributed by atoms with van der Waals surface area (Å²) in [5, 5.41) is 0. The van der Waals surface area contributed by atoms with Crippen molar-refractivity contribution < 1.29 is 4.79 Å². The van der Waals surface area contributed by atoms with E-state index in [-0.39, 0.29) is 5.54 Å². The number of carbonyl (C=O) groups is 1. The van der Waals surface area contributed by atoms with Gasteiger partial charge in [-0.2, -0.15) is 0 Å². The Hall–Kier alpha value is -1.05. The summed E-state index contributed by atoms with van der Waals surface area (Å²) in [6, 6.07) is 0. The zero-order chi connectivity index (χ0) is 9.31. The quantitative estimate of drug-likeness (QED) is 0.590. The fraction of sp³-hybridized carbons (Fsp3) is 0.545. The molecule has 2 heteroatoms. The summed E-state index contributed by atoms with van der Waals surface area (Å²) in [4.78, 5) is 13.6. The van der Waals surface area contributed by atoms with E-state index in [1.54, 1.807) is 0 Å². The molecule has 2 rings (SSSR count). The molecule has 2 aliphatic rings. The molecule has 0 aromatic carbocycles. The van der Waals surface area contributed by atoms with E-state index in [1.807, 2.05) is 11.0 Å². The molecule has 1 fully saturated rings. The fourth-order valence-corrected chi connectivity index (χ4v) is 2.43. The van der Waals surface area contributed by atoms with E-state index in [1.165, 1.54) is 0 Å². The molecule has 70 valence electrons. The third kappa shape index (κ3) is 1.21. The Labute approximate surface area is 78.9 Å². The Morgan fingerprint density at radius 3 is 3.23 bits per heavy atom. The summed E-state index contributed by atoms with van der Waals surface area (Å²) in [5.41, 5.74) is 0.0909. The molecule has 1 unspecified atom stereocenters. The molecule has 2 nitrogen and oxygen atoms in total. The lowest BCUT2D eigenvalue weighted by molar-refractivity contribution is -0.130. The van der Waals surface area contributed by atoms with Crippen molar-refractivity contribution in [1.29, 1.82) is 0 Å². The van der Waals surface area contributed by atoms with Gasteiger partial charge in [-0.3, -0.25) is 4.79 Å². The van der Waals surface area contributed by atoms with Gasteiger partial charge in [0.1, 0.15) is 0 Å². The third-order valence-corrected chi connectivity index (χ3v) is 3.15. The van der Waals surface area contributed by atoms with Crippen molar-refractivity contribution in [3.63, 3.8) is 0 Å². The molecule has 0 aromatic heterocycles. The van der Waals surface area contributed by atoms with Gasteiger partial charge in [-0.1, -0.05) is 18.2 Å². The molecule has 0 aliphatic carbocycles. The van der Waals surface area contributed by atoms with E-state index in [0.717, 1.165) is 32.2 Å². The minimum Gasteiger partial charge on any atom is -0.333 e. The molecule has 1 atom stereocenters. The van der Waals surface area contributed by atoms with Crippen LogP contribution in [-0.2, 0) is 4.79 Å². The van der Waals surface area contributed by atoms with Crippen LogP contribution in [0.25, 0.3) is 0 Å². The van der Waals surface area contributed by atoms with Gasteiger partial charge in [0.25, 0.3) is 0 Å². The summed E-state index contributed by atoms with van der Waals surface area (Å²) >= 11 is 0. The van der Waals surface area contributed by atoms with Crippen LogP contribution in [-0.4, -0.2) is 22.9 Å². The van der Waals surface area contributed by atoms with Gasteiger partial charge >= 0.3 is 0 Å². The Kier molecular flexibility index (Phi) is 1.98. The summed E-state index contributed by atoms with van der Waals surface area (Å²) in [5.74, 6) is 0.311. The molecule has 0 aromatic rings. The van der Waals surface area contributed by atoms with Crippen LogP contribution in [0.3, 0.4) is 0 Å². The van der Waals surface area contributed by atoms with Crippen molar-refractivity contribution in [1.82, 2.24) is 4.90 Å². The first-order valence-corrected chi connectivity index (χ1v) is 4.85. The van der Waals surface area contributed by atoms with E-state index >= 15 is 0 Å². The van der Waals surface area contributed by atoms with Crippen LogP contribution in [0.1, 0.15) is 25.7 Å². The zero-order valence-electron chi connectivity index (χ0n) is 7.83. The SMILES string of the molecule is C=CCC12CC=CCN1C(=O)CC2. The molecular weight excluding hydrogens is 162 g/mol. The van der Waals surface area contributed by atoms with Crippen molar-refractivity contribution in [2.45, 2.75) is 31.2 Å². The van der Waals surface area contributed by atoms with Gasteiger partial charge in [0.2, 0.25) is 5.91 Å². The van der Waals surface area contributed by atoms with Crippen molar-refractivity contribution >= 4 is 5.91 Å². The van der Waals surface area contributed by atoms with Crippen LogP contribution < -0.4 is 0 Å². The van der Waals surface area contributed by atoms with Crippen molar-refractivity contribution in [2.24, 2.45) is 0 Å². The van der Waals surface area contributed by atoms with Gasteiger partial charge in [-0.05, 0) is 19.3 Å². The van der Waals surface area contributed by atoms with Crippen LogP contribution >= 0.6 is 0 Å². The highest BCUT2D eigenvalue weighted by molar-refractivity contribution is 5.80. The Morgan fingerprint density at radius 2 is 2.46 bits per heavy atom. The van der Waals surface area contributed by atoms with Gasteiger partial charge in [-0.15, -0.1) is 6.58 Å². The number of nitrogens with zero attached hydrogens (tertiary/aromatic N) is 1. The number of hydrogen-bond donors (Lipinski definition) is 0. The maximum atomic E-state index is 11.5.